The molecule has 1 aromatic rings. The quantitative estimate of drug-likeness (QED) is 0.681. The van der Waals surface area contributed by atoms with Crippen LogP contribution in [-0.4, -0.2) is 19.2 Å². The number of sulfonamides is 1. The number of rotatable bonds is 4. The Morgan fingerprint density at radius 2 is 2.19 bits per heavy atom. The van der Waals surface area contributed by atoms with E-state index in [2.05, 4.69) is 16.3 Å². The van der Waals surface area contributed by atoms with Crippen LogP contribution in [0.5, 0.6) is 0 Å². The maximum atomic E-state index is 11.5. The zero-order valence-corrected chi connectivity index (χ0v) is 10.8. The third-order valence-corrected chi connectivity index (χ3v) is 3.39. The van der Waals surface area contributed by atoms with Crippen LogP contribution < -0.4 is 4.72 Å². The molecule has 0 atom stereocenters. The van der Waals surface area contributed by atoms with E-state index >= 15 is 0 Å². The minimum atomic E-state index is -3.48. The molecule has 0 aromatic carbocycles. The van der Waals surface area contributed by atoms with Gasteiger partial charge in [0.05, 0.1) is 11.4 Å². The van der Waals surface area contributed by atoms with Crippen LogP contribution in [0.15, 0.2) is 18.7 Å². The molecule has 0 saturated carbocycles. The van der Waals surface area contributed by atoms with E-state index in [0.29, 0.717) is 5.56 Å². The van der Waals surface area contributed by atoms with Crippen molar-refractivity contribution in [1.82, 2.24) is 4.98 Å². The van der Waals surface area contributed by atoms with Gasteiger partial charge in [-0.25, -0.2) is 13.4 Å². The Hall–Kier alpha value is -0.780. The molecule has 0 aliphatic carbocycles. The van der Waals surface area contributed by atoms with Crippen molar-refractivity contribution in [3.63, 3.8) is 0 Å². The molecule has 88 valence electrons. The maximum Gasteiger partial charge on any atom is 0.236 e. The molecule has 0 amide bonds. The highest BCUT2D eigenvalue weighted by Gasteiger charge is 2.14. The summed E-state index contributed by atoms with van der Waals surface area (Å²) in [5, 5.41) is 0.242. The molecule has 1 heterocycles. The van der Waals surface area contributed by atoms with Gasteiger partial charge in [-0.1, -0.05) is 29.3 Å². The lowest BCUT2D eigenvalue weighted by atomic mass is 10.3. The van der Waals surface area contributed by atoms with Gasteiger partial charge in [-0.2, -0.15) is 0 Å². The van der Waals surface area contributed by atoms with E-state index in [1.165, 1.54) is 12.1 Å². The zero-order valence-electron chi connectivity index (χ0n) is 8.50. The van der Waals surface area contributed by atoms with Gasteiger partial charge >= 0.3 is 0 Å². The van der Waals surface area contributed by atoms with Gasteiger partial charge in [-0.3, -0.25) is 4.72 Å². The zero-order chi connectivity index (χ0) is 12.3. The third-order valence-electron chi connectivity index (χ3n) is 1.74. The largest absolute Gasteiger partial charge is 0.280 e. The van der Waals surface area contributed by atoms with E-state index in [1.807, 2.05) is 0 Å². The third kappa shape index (κ3) is 3.37. The van der Waals surface area contributed by atoms with Crippen molar-refractivity contribution >= 4 is 38.9 Å². The Kier molecular flexibility index (Phi) is 4.18. The molecular weight excluding hydrogens is 271 g/mol. The van der Waals surface area contributed by atoms with Crippen molar-refractivity contribution in [2.75, 3.05) is 10.5 Å². The average molecular weight is 281 g/mol. The van der Waals surface area contributed by atoms with Gasteiger partial charge in [0.2, 0.25) is 10.0 Å². The van der Waals surface area contributed by atoms with Crippen molar-refractivity contribution in [1.29, 1.82) is 0 Å². The summed E-state index contributed by atoms with van der Waals surface area (Å²) in [6.45, 7) is 5.04. The first-order valence-corrected chi connectivity index (χ1v) is 6.70. The van der Waals surface area contributed by atoms with Gasteiger partial charge in [0, 0.05) is 0 Å². The topological polar surface area (TPSA) is 59.1 Å². The lowest BCUT2D eigenvalue weighted by Gasteiger charge is -2.10. The molecule has 1 aromatic heterocycles. The lowest BCUT2D eigenvalue weighted by molar-refractivity contribution is 0.604. The number of halogens is 2. The van der Waals surface area contributed by atoms with Gasteiger partial charge in [0.15, 0.2) is 5.15 Å². The SMILES string of the molecule is C=CCS(=O)(=O)Nc1c(C)cc(Cl)nc1Cl. The van der Waals surface area contributed by atoms with Crippen molar-refractivity contribution in [3.05, 3.63) is 34.6 Å². The Bertz CT molecular complexity index is 491. The summed E-state index contributed by atoms with van der Waals surface area (Å²) in [6.07, 6.45) is 1.29. The van der Waals surface area contributed by atoms with Crippen molar-refractivity contribution in [2.24, 2.45) is 0 Å². The van der Waals surface area contributed by atoms with Crippen LogP contribution in [0.1, 0.15) is 5.56 Å². The summed E-state index contributed by atoms with van der Waals surface area (Å²) >= 11 is 11.5. The summed E-state index contributed by atoms with van der Waals surface area (Å²) in [5.41, 5.74) is 0.852. The minimum absolute atomic E-state index is 0.0256. The molecule has 4 nitrogen and oxygen atoms in total. The summed E-state index contributed by atoms with van der Waals surface area (Å²) < 4.78 is 25.3. The highest BCUT2D eigenvalue weighted by atomic mass is 35.5. The summed E-state index contributed by atoms with van der Waals surface area (Å²) in [4.78, 5) is 3.76. The Labute approximate surface area is 104 Å². The van der Waals surface area contributed by atoms with Gasteiger partial charge in [0.1, 0.15) is 5.15 Å². The molecule has 0 unspecified atom stereocenters. The molecule has 0 fully saturated rings. The van der Waals surface area contributed by atoms with Crippen LogP contribution in [0, 0.1) is 6.92 Å². The summed E-state index contributed by atoms with van der Waals surface area (Å²) in [5.74, 6) is -0.189. The van der Waals surface area contributed by atoms with Crippen LogP contribution in [-0.2, 0) is 10.0 Å². The van der Waals surface area contributed by atoms with Gasteiger partial charge in [-0.05, 0) is 18.6 Å². The molecule has 1 N–H and O–H groups in total. The van der Waals surface area contributed by atoms with E-state index in [9.17, 15) is 8.42 Å². The standard InChI is InChI=1S/C9H10Cl2N2O2S/c1-3-4-16(14,15)13-8-6(2)5-7(10)12-9(8)11/h3,5,13H,1,4H2,2H3. The van der Waals surface area contributed by atoms with E-state index < -0.39 is 10.0 Å². The smallest absolute Gasteiger partial charge is 0.236 e. The molecule has 1 rings (SSSR count). The van der Waals surface area contributed by atoms with E-state index in [0.717, 1.165) is 0 Å². The lowest BCUT2D eigenvalue weighted by Crippen LogP contribution is -2.16. The Morgan fingerprint density at radius 3 is 2.69 bits per heavy atom. The molecular formula is C9H10Cl2N2O2S. The van der Waals surface area contributed by atoms with E-state index in [4.69, 9.17) is 23.2 Å². The van der Waals surface area contributed by atoms with Crippen molar-refractivity contribution in [3.8, 4) is 0 Å². The highest BCUT2D eigenvalue weighted by Crippen LogP contribution is 2.27. The van der Waals surface area contributed by atoms with Crippen LogP contribution in [0.25, 0.3) is 0 Å². The van der Waals surface area contributed by atoms with Crippen LogP contribution in [0.2, 0.25) is 10.3 Å². The highest BCUT2D eigenvalue weighted by molar-refractivity contribution is 7.92. The number of aromatic nitrogens is 1. The fourth-order valence-corrected chi connectivity index (χ4v) is 2.67. The van der Waals surface area contributed by atoms with Crippen LogP contribution >= 0.6 is 23.2 Å². The van der Waals surface area contributed by atoms with Crippen LogP contribution in [0.4, 0.5) is 5.69 Å². The first kappa shape index (κ1) is 13.3. The van der Waals surface area contributed by atoms with Crippen molar-refractivity contribution in [2.45, 2.75) is 6.92 Å². The number of pyridine rings is 1. The summed E-state index contributed by atoms with van der Waals surface area (Å²) in [7, 11) is -3.48. The second kappa shape index (κ2) is 5.03. The second-order valence-electron chi connectivity index (χ2n) is 3.10. The minimum Gasteiger partial charge on any atom is -0.280 e. The molecule has 0 spiro atoms. The van der Waals surface area contributed by atoms with Gasteiger partial charge in [-0.15, -0.1) is 6.58 Å². The number of nitrogens with zero attached hydrogens (tertiary/aromatic N) is 1. The fraction of sp³-hybridized carbons (Fsp3) is 0.222. The average Bonchev–Trinajstić information content (AvgIpc) is 2.11. The maximum absolute atomic E-state index is 11.5. The Balaban J connectivity index is 3.11. The van der Waals surface area contributed by atoms with Crippen molar-refractivity contribution < 1.29 is 8.42 Å². The van der Waals surface area contributed by atoms with Gasteiger partial charge in [0.25, 0.3) is 0 Å². The predicted molar refractivity (Wildman–Crippen MR) is 66.6 cm³/mol. The van der Waals surface area contributed by atoms with E-state index in [1.54, 1.807) is 6.92 Å². The number of nitrogens with one attached hydrogen (secondary N) is 1. The number of anilines is 1. The molecule has 16 heavy (non-hydrogen) atoms. The van der Waals surface area contributed by atoms with E-state index in [-0.39, 0.29) is 21.7 Å². The number of aryl methyl sites for hydroxylation is 1. The first-order chi connectivity index (χ1) is 7.35. The first-order valence-electron chi connectivity index (χ1n) is 4.30. The molecule has 0 saturated heterocycles. The molecule has 7 heteroatoms. The van der Waals surface area contributed by atoms with Crippen LogP contribution in [0.3, 0.4) is 0 Å². The second-order valence-corrected chi connectivity index (χ2v) is 5.61. The predicted octanol–water partition coefficient (Wildman–Crippen LogP) is 2.62. The number of hydrogen-bond acceptors (Lipinski definition) is 3. The molecule has 0 radical (unpaired) electrons. The summed E-state index contributed by atoms with van der Waals surface area (Å²) in [6, 6.07) is 1.53. The molecule has 0 aliphatic heterocycles. The van der Waals surface area contributed by atoms with Gasteiger partial charge < -0.3 is 0 Å². The Morgan fingerprint density at radius 1 is 1.56 bits per heavy atom. The number of hydrogen-bond donors (Lipinski definition) is 1. The molecule has 0 bridgehead atoms. The normalized spacial score (nSPS) is 11.2. The fourth-order valence-electron chi connectivity index (χ4n) is 1.07. The monoisotopic (exact) mass is 280 g/mol. The molecule has 0 aliphatic rings.